The summed E-state index contributed by atoms with van der Waals surface area (Å²) in [5.41, 5.74) is 1.44. The number of para-hydroxylation sites is 1. The van der Waals surface area contributed by atoms with E-state index in [1.54, 1.807) is 42.5 Å². The maximum atomic E-state index is 14.4. The van der Waals surface area contributed by atoms with Gasteiger partial charge in [-0.25, -0.2) is 4.79 Å². The molecular formula is C30H25NO6. The summed E-state index contributed by atoms with van der Waals surface area (Å²) < 4.78 is 16.3. The van der Waals surface area contributed by atoms with Gasteiger partial charge in [-0.15, -0.1) is 0 Å². The number of esters is 1. The van der Waals surface area contributed by atoms with Crippen molar-refractivity contribution in [1.82, 2.24) is 0 Å². The molecule has 3 aromatic rings. The van der Waals surface area contributed by atoms with Gasteiger partial charge < -0.3 is 19.1 Å². The molecule has 3 aromatic carbocycles. The third-order valence-corrected chi connectivity index (χ3v) is 7.92. The molecule has 7 heteroatoms. The Hall–Kier alpha value is -4.39. The molecule has 0 amide bonds. The van der Waals surface area contributed by atoms with Crippen molar-refractivity contribution >= 4 is 29.3 Å². The predicted octanol–water partition coefficient (Wildman–Crippen LogP) is 4.31. The van der Waals surface area contributed by atoms with E-state index in [9.17, 15) is 14.4 Å². The van der Waals surface area contributed by atoms with E-state index in [4.69, 9.17) is 14.2 Å². The van der Waals surface area contributed by atoms with Crippen molar-refractivity contribution in [1.29, 1.82) is 0 Å². The van der Waals surface area contributed by atoms with E-state index in [2.05, 4.69) is 0 Å². The lowest BCUT2D eigenvalue weighted by molar-refractivity contribution is -0.142. The van der Waals surface area contributed by atoms with E-state index >= 15 is 0 Å². The summed E-state index contributed by atoms with van der Waals surface area (Å²) in [7, 11) is 4.38. The van der Waals surface area contributed by atoms with E-state index in [0.29, 0.717) is 28.2 Å². The molecule has 1 aliphatic carbocycles. The van der Waals surface area contributed by atoms with E-state index < -0.39 is 29.4 Å². The van der Waals surface area contributed by atoms with Gasteiger partial charge in [-0.3, -0.25) is 9.59 Å². The van der Waals surface area contributed by atoms with Crippen LogP contribution in [0.3, 0.4) is 0 Å². The highest BCUT2D eigenvalue weighted by molar-refractivity contribution is 6.32. The number of Topliss-reactive ketones (excluding diaryl/α,β-unsaturated/α-hetero) is 2. The quantitative estimate of drug-likeness (QED) is 0.394. The molecule has 1 saturated heterocycles. The molecule has 3 aliphatic rings. The van der Waals surface area contributed by atoms with Gasteiger partial charge in [0.05, 0.1) is 27.4 Å². The van der Waals surface area contributed by atoms with Crippen LogP contribution in [0, 0.1) is 5.41 Å². The van der Waals surface area contributed by atoms with Crippen LogP contribution in [0.25, 0.3) is 6.08 Å². The first-order valence-corrected chi connectivity index (χ1v) is 12.0. The summed E-state index contributed by atoms with van der Waals surface area (Å²) in [6.45, 7) is 0. The molecule has 7 nitrogen and oxygen atoms in total. The lowest BCUT2D eigenvalue weighted by Gasteiger charge is -2.36. The van der Waals surface area contributed by atoms with Crippen LogP contribution >= 0.6 is 0 Å². The smallest absolute Gasteiger partial charge is 0.329 e. The summed E-state index contributed by atoms with van der Waals surface area (Å²) in [6.07, 6.45) is 3.80. The minimum Gasteiger partial charge on any atom is -0.493 e. The first-order valence-electron chi connectivity index (χ1n) is 12.0. The zero-order valence-electron chi connectivity index (χ0n) is 20.6. The minimum absolute atomic E-state index is 0.293. The van der Waals surface area contributed by atoms with Crippen molar-refractivity contribution in [3.8, 4) is 11.5 Å². The summed E-state index contributed by atoms with van der Waals surface area (Å²) >= 11 is 0. The van der Waals surface area contributed by atoms with Gasteiger partial charge >= 0.3 is 5.97 Å². The molecular weight excluding hydrogens is 470 g/mol. The van der Waals surface area contributed by atoms with Crippen LogP contribution in [-0.4, -0.2) is 50.9 Å². The van der Waals surface area contributed by atoms with Crippen molar-refractivity contribution < 1.29 is 28.6 Å². The molecule has 1 fully saturated rings. The number of hydrogen-bond acceptors (Lipinski definition) is 7. The Morgan fingerprint density at radius 2 is 1.49 bits per heavy atom. The molecule has 2 aliphatic heterocycles. The fraction of sp³-hybridized carbons (Fsp3) is 0.233. The molecule has 0 radical (unpaired) electrons. The molecule has 3 atom stereocenters. The molecule has 2 heterocycles. The topological polar surface area (TPSA) is 82.1 Å². The molecule has 0 unspecified atom stereocenters. The molecule has 0 bridgehead atoms. The van der Waals surface area contributed by atoms with Gasteiger partial charge in [0.25, 0.3) is 0 Å². The average molecular weight is 496 g/mol. The fourth-order valence-corrected chi connectivity index (χ4v) is 6.43. The van der Waals surface area contributed by atoms with Crippen molar-refractivity contribution in [3.63, 3.8) is 0 Å². The molecule has 186 valence electrons. The first-order chi connectivity index (χ1) is 18.0. The number of carbonyl (C=O) groups is 3. The Morgan fingerprint density at radius 3 is 2.14 bits per heavy atom. The Balaban J connectivity index is 1.68. The number of anilines is 1. The number of ketones is 2. The SMILES string of the molecule is COC(=O)[C@H]1[C@@H](c2ccc(OC)c(OC)c2)C2(C(=O)c3ccccc3C2=O)[C@@H]2C=Cc3ccccc3N21. The molecule has 0 aromatic heterocycles. The Bertz CT molecular complexity index is 1460. The zero-order chi connectivity index (χ0) is 25.9. The number of benzene rings is 3. The van der Waals surface area contributed by atoms with Crippen LogP contribution in [-0.2, 0) is 9.53 Å². The normalized spacial score (nSPS) is 22.5. The van der Waals surface area contributed by atoms with Crippen molar-refractivity contribution in [2.45, 2.75) is 18.0 Å². The number of rotatable bonds is 4. The van der Waals surface area contributed by atoms with Gasteiger partial charge in [-0.2, -0.15) is 0 Å². The van der Waals surface area contributed by atoms with Gasteiger partial charge in [0, 0.05) is 22.7 Å². The highest BCUT2D eigenvalue weighted by Gasteiger charge is 2.72. The van der Waals surface area contributed by atoms with Gasteiger partial charge in [0.15, 0.2) is 23.1 Å². The Morgan fingerprint density at radius 1 is 0.838 bits per heavy atom. The van der Waals surface area contributed by atoms with Crippen LogP contribution in [0.4, 0.5) is 5.69 Å². The summed E-state index contributed by atoms with van der Waals surface area (Å²) in [5, 5.41) is 0. The molecule has 37 heavy (non-hydrogen) atoms. The number of methoxy groups -OCH3 is 3. The highest BCUT2D eigenvalue weighted by Crippen LogP contribution is 2.61. The Kier molecular flexibility index (Phi) is 5.19. The second kappa shape index (κ2) is 8.34. The van der Waals surface area contributed by atoms with E-state index in [0.717, 1.165) is 11.3 Å². The number of hydrogen-bond donors (Lipinski definition) is 0. The highest BCUT2D eigenvalue weighted by atomic mass is 16.5. The molecule has 6 rings (SSSR count). The molecule has 1 spiro atoms. The Labute approximate surface area is 214 Å². The molecule has 0 N–H and O–H groups in total. The number of nitrogens with zero attached hydrogens (tertiary/aromatic N) is 1. The second-order valence-electron chi connectivity index (χ2n) is 9.40. The predicted molar refractivity (Wildman–Crippen MR) is 137 cm³/mol. The van der Waals surface area contributed by atoms with E-state index in [1.165, 1.54) is 21.3 Å². The van der Waals surface area contributed by atoms with Crippen LogP contribution in [0.5, 0.6) is 11.5 Å². The standard InChI is InChI=1S/C30H25NO6/c1-35-22-14-12-18(16-23(22)36-2)25-26(29(34)37-3)31-21-11-7-4-8-17(21)13-15-24(31)30(25)27(32)19-9-5-6-10-20(19)28(30)33/h4-16,24-26H,1-3H3/t24-,25+,26+/m0/s1. The number of carbonyl (C=O) groups excluding carboxylic acids is 3. The average Bonchev–Trinajstić information content (AvgIpc) is 3.38. The fourth-order valence-electron chi connectivity index (χ4n) is 6.43. The van der Waals surface area contributed by atoms with Crippen LogP contribution in [0.1, 0.15) is 37.8 Å². The van der Waals surface area contributed by atoms with Gasteiger partial charge in [0.2, 0.25) is 0 Å². The minimum atomic E-state index is -1.58. The van der Waals surface area contributed by atoms with E-state index in [-0.39, 0.29) is 11.6 Å². The maximum absolute atomic E-state index is 14.4. The van der Waals surface area contributed by atoms with Crippen LogP contribution in [0.2, 0.25) is 0 Å². The van der Waals surface area contributed by atoms with E-state index in [1.807, 2.05) is 41.3 Å². The van der Waals surface area contributed by atoms with Crippen molar-refractivity contribution in [2.24, 2.45) is 5.41 Å². The van der Waals surface area contributed by atoms with Gasteiger partial charge in [-0.05, 0) is 29.3 Å². The third kappa shape index (κ3) is 2.91. The summed E-state index contributed by atoms with van der Waals surface area (Å²) in [5.74, 6) is -1.02. The van der Waals surface area contributed by atoms with Gasteiger partial charge in [-0.1, -0.05) is 60.7 Å². The number of ether oxygens (including phenoxy) is 3. The zero-order valence-corrected chi connectivity index (χ0v) is 20.6. The lowest BCUT2D eigenvalue weighted by atomic mass is 9.64. The van der Waals surface area contributed by atoms with Crippen molar-refractivity contribution in [3.05, 3.63) is 95.1 Å². The first kappa shape index (κ1) is 23.0. The summed E-state index contributed by atoms with van der Waals surface area (Å²) in [6, 6.07) is 18.2. The molecule has 0 saturated carbocycles. The van der Waals surface area contributed by atoms with Gasteiger partial charge in [0.1, 0.15) is 11.5 Å². The third-order valence-electron chi connectivity index (χ3n) is 7.92. The van der Waals surface area contributed by atoms with Crippen molar-refractivity contribution in [2.75, 3.05) is 26.2 Å². The second-order valence-corrected chi connectivity index (χ2v) is 9.40. The van der Waals surface area contributed by atoms with Crippen LogP contribution in [0.15, 0.2) is 72.8 Å². The largest absolute Gasteiger partial charge is 0.493 e. The number of fused-ring (bicyclic) bond motifs is 5. The summed E-state index contributed by atoms with van der Waals surface area (Å²) in [4.78, 5) is 44.3. The van der Waals surface area contributed by atoms with Crippen LogP contribution < -0.4 is 14.4 Å². The monoisotopic (exact) mass is 495 g/mol. The maximum Gasteiger partial charge on any atom is 0.329 e. The lowest BCUT2D eigenvalue weighted by Crippen LogP contribution is -2.48.